The van der Waals surface area contributed by atoms with Crippen molar-refractivity contribution in [2.75, 3.05) is 13.1 Å². The molecule has 1 saturated heterocycles. The van der Waals surface area contributed by atoms with E-state index in [2.05, 4.69) is 0 Å². The quantitative estimate of drug-likeness (QED) is 0.677. The fourth-order valence-electron chi connectivity index (χ4n) is 1.98. The average Bonchev–Trinajstić information content (AvgIpc) is 2.17. The topological polar surface area (TPSA) is 29.5 Å². The van der Waals surface area contributed by atoms with E-state index in [-0.39, 0.29) is 11.4 Å². The molecule has 1 aliphatic heterocycles. The smallest absolute Gasteiger partial charge is 0.353 e. The summed E-state index contributed by atoms with van der Waals surface area (Å²) in [5, 5.41) is 1.79. The lowest BCUT2D eigenvalue weighted by Crippen LogP contribution is -2.34. The van der Waals surface area contributed by atoms with Crippen molar-refractivity contribution in [1.29, 1.82) is 0 Å². The highest BCUT2D eigenvalue weighted by Crippen LogP contribution is 2.26. The highest BCUT2D eigenvalue weighted by Gasteiger charge is 2.26. The number of hydrogen-bond donors (Lipinski definition) is 0. The number of allylic oxidation sites excluding steroid dienone is 1. The molecule has 1 fully saturated rings. The van der Waals surface area contributed by atoms with Crippen LogP contribution in [0.15, 0.2) is 11.6 Å². The number of rotatable bonds is 2. The summed E-state index contributed by atoms with van der Waals surface area (Å²) in [5.74, 6) is -0.197. The van der Waals surface area contributed by atoms with E-state index in [1.54, 1.807) is 5.06 Å². The predicted octanol–water partition coefficient (Wildman–Crippen LogP) is 2.92. The molecule has 0 N–H and O–H groups in total. The van der Waals surface area contributed by atoms with Gasteiger partial charge in [-0.3, -0.25) is 0 Å². The first-order chi connectivity index (χ1) is 7.45. The lowest BCUT2D eigenvalue weighted by Gasteiger charge is -2.28. The van der Waals surface area contributed by atoms with Crippen molar-refractivity contribution >= 4 is 5.97 Å². The fourth-order valence-corrected chi connectivity index (χ4v) is 1.98. The zero-order valence-electron chi connectivity index (χ0n) is 10.9. The van der Waals surface area contributed by atoms with Gasteiger partial charge < -0.3 is 4.84 Å². The van der Waals surface area contributed by atoms with Crippen molar-refractivity contribution < 1.29 is 9.63 Å². The minimum atomic E-state index is -0.197. The van der Waals surface area contributed by atoms with Gasteiger partial charge >= 0.3 is 5.97 Å². The number of hydrogen-bond acceptors (Lipinski definition) is 3. The second-order valence-electron chi connectivity index (χ2n) is 5.32. The van der Waals surface area contributed by atoms with Crippen LogP contribution in [0.2, 0.25) is 0 Å². The van der Waals surface area contributed by atoms with E-state index >= 15 is 0 Å². The molecule has 0 spiro atoms. The average molecular weight is 225 g/mol. The summed E-state index contributed by atoms with van der Waals surface area (Å²) in [4.78, 5) is 17.4. The number of nitrogens with zero attached hydrogens (tertiary/aromatic N) is 1. The first kappa shape index (κ1) is 13.2. The molecule has 0 amide bonds. The molecule has 0 aliphatic carbocycles. The third-order valence-corrected chi connectivity index (χ3v) is 2.84. The Hall–Kier alpha value is -0.830. The molecule has 1 heterocycles. The van der Waals surface area contributed by atoms with E-state index in [1.807, 2.05) is 33.8 Å². The van der Waals surface area contributed by atoms with Gasteiger partial charge in [0.2, 0.25) is 0 Å². The Bertz CT molecular complexity index is 270. The summed E-state index contributed by atoms with van der Waals surface area (Å²) in [7, 11) is 0. The van der Waals surface area contributed by atoms with Gasteiger partial charge in [-0.25, -0.2) is 4.79 Å². The minimum absolute atomic E-state index is 0.151. The summed E-state index contributed by atoms with van der Waals surface area (Å²) in [6.07, 6.45) is 5.33. The maximum absolute atomic E-state index is 12.0. The molecule has 0 aromatic rings. The van der Waals surface area contributed by atoms with Crippen LogP contribution in [0.4, 0.5) is 0 Å². The SMILES string of the molecule is CC=C(C(=O)ON1CCCCC1)C(C)(C)C. The number of carbonyl (C=O) groups excluding carboxylic acids is 1. The Labute approximate surface area is 98.4 Å². The van der Waals surface area contributed by atoms with Crippen molar-refractivity contribution in [3.63, 3.8) is 0 Å². The Balaban J connectivity index is 2.56. The van der Waals surface area contributed by atoms with Gasteiger partial charge in [0.15, 0.2) is 0 Å². The molecule has 3 heteroatoms. The highest BCUT2D eigenvalue weighted by molar-refractivity contribution is 5.89. The number of piperidine rings is 1. The molecule has 92 valence electrons. The van der Waals surface area contributed by atoms with Crippen LogP contribution in [-0.2, 0) is 9.63 Å². The van der Waals surface area contributed by atoms with Crippen LogP contribution in [0, 0.1) is 5.41 Å². The zero-order chi connectivity index (χ0) is 12.2. The van der Waals surface area contributed by atoms with E-state index in [9.17, 15) is 4.79 Å². The van der Waals surface area contributed by atoms with Crippen molar-refractivity contribution in [1.82, 2.24) is 5.06 Å². The molecule has 1 aliphatic rings. The van der Waals surface area contributed by atoms with Gasteiger partial charge in [-0.1, -0.05) is 33.3 Å². The van der Waals surface area contributed by atoms with Gasteiger partial charge in [0, 0.05) is 18.7 Å². The molecule has 0 unspecified atom stereocenters. The van der Waals surface area contributed by atoms with Gasteiger partial charge in [0.1, 0.15) is 0 Å². The second kappa shape index (κ2) is 5.48. The van der Waals surface area contributed by atoms with Crippen LogP contribution in [0.3, 0.4) is 0 Å². The molecule has 3 nitrogen and oxygen atoms in total. The molecule has 0 aromatic heterocycles. The predicted molar refractivity (Wildman–Crippen MR) is 64.7 cm³/mol. The highest BCUT2D eigenvalue weighted by atomic mass is 16.7. The van der Waals surface area contributed by atoms with Crippen molar-refractivity contribution in [3.8, 4) is 0 Å². The summed E-state index contributed by atoms with van der Waals surface area (Å²) in [6.45, 7) is 9.71. The van der Waals surface area contributed by atoms with E-state index in [0.29, 0.717) is 0 Å². The zero-order valence-corrected chi connectivity index (χ0v) is 10.9. The van der Waals surface area contributed by atoms with E-state index in [1.165, 1.54) is 6.42 Å². The Kier molecular flexibility index (Phi) is 4.54. The van der Waals surface area contributed by atoms with E-state index in [0.717, 1.165) is 31.5 Å². The van der Waals surface area contributed by atoms with Crippen LogP contribution in [0.25, 0.3) is 0 Å². The second-order valence-corrected chi connectivity index (χ2v) is 5.32. The summed E-state index contributed by atoms with van der Waals surface area (Å²) in [6, 6.07) is 0. The van der Waals surface area contributed by atoms with Gasteiger partial charge in [-0.2, -0.15) is 0 Å². The van der Waals surface area contributed by atoms with Gasteiger partial charge in [-0.05, 0) is 25.2 Å². The maximum atomic E-state index is 12.0. The van der Waals surface area contributed by atoms with Crippen LogP contribution < -0.4 is 0 Å². The van der Waals surface area contributed by atoms with Crippen molar-refractivity contribution in [3.05, 3.63) is 11.6 Å². The molecule has 0 bridgehead atoms. The van der Waals surface area contributed by atoms with E-state index < -0.39 is 0 Å². The minimum Gasteiger partial charge on any atom is -0.364 e. The maximum Gasteiger partial charge on any atom is 0.353 e. The first-order valence-electron chi connectivity index (χ1n) is 6.09. The summed E-state index contributed by atoms with van der Waals surface area (Å²) >= 11 is 0. The van der Waals surface area contributed by atoms with Crippen LogP contribution in [0.5, 0.6) is 0 Å². The van der Waals surface area contributed by atoms with Gasteiger partial charge in [-0.15, -0.1) is 5.06 Å². The Morgan fingerprint density at radius 2 is 1.75 bits per heavy atom. The van der Waals surface area contributed by atoms with Crippen LogP contribution >= 0.6 is 0 Å². The molecule has 16 heavy (non-hydrogen) atoms. The lowest BCUT2D eigenvalue weighted by atomic mass is 9.86. The monoisotopic (exact) mass is 225 g/mol. The van der Waals surface area contributed by atoms with Crippen LogP contribution in [0.1, 0.15) is 47.0 Å². The molecular weight excluding hydrogens is 202 g/mol. The standard InChI is InChI=1S/C13H23NO2/c1-5-11(13(2,3)4)12(15)16-14-9-7-6-8-10-14/h5H,6-10H2,1-4H3. The number of hydroxylamine groups is 2. The normalized spacial score (nSPS) is 19.6. The molecule has 0 saturated carbocycles. The fraction of sp³-hybridized carbons (Fsp3) is 0.769. The molecule has 0 radical (unpaired) electrons. The van der Waals surface area contributed by atoms with Gasteiger partial charge in [0.25, 0.3) is 0 Å². The largest absolute Gasteiger partial charge is 0.364 e. The van der Waals surface area contributed by atoms with Crippen molar-refractivity contribution in [2.24, 2.45) is 5.41 Å². The molecular formula is C13H23NO2. The van der Waals surface area contributed by atoms with Gasteiger partial charge in [0.05, 0.1) is 0 Å². The van der Waals surface area contributed by atoms with Crippen molar-refractivity contribution in [2.45, 2.75) is 47.0 Å². The third kappa shape index (κ3) is 3.63. The lowest BCUT2D eigenvalue weighted by molar-refractivity contribution is -0.190. The number of carbonyl (C=O) groups is 1. The molecule has 1 rings (SSSR count). The van der Waals surface area contributed by atoms with Crippen LogP contribution in [-0.4, -0.2) is 24.1 Å². The first-order valence-corrected chi connectivity index (χ1v) is 6.09. The third-order valence-electron chi connectivity index (χ3n) is 2.84. The molecule has 0 aromatic carbocycles. The summed E-state index contributed by atoms with van der Waals surface area (Å²) < 4.78 is 0. The Morgan fingerprint density at radius 3 is 2.19 bits per heavy atom. The van der Waals surface area contributed by atoms with E-state index in [4.69, 9.17) is 4.84 Å². The molecule has 0 atom stereocenters. The summed E-state index contributed by atoms with van der Waals surface area (Å²) in [5.41, 5.74) is 0.597. The Morgan fingerprint density at radius 1 is 1.19 bits per heavy atom.